The Labute approximate surface area is 177 Å². The van der Waals surface area contributed by atoms with Crippen LogP contribution >= 0.6 is 23.2 Å². The van der Waals surface area contributed by atoms with Crippen molar-refractivity contribution in [2.45, 2.75) is 33.3 Å². The van der Waals surface area contributed by atoms with E-state index in [-0.39, 0.29) is 6.61 Å². The third kappa shape index (κ3) is 3.80. The predicted molar refractivity (Wildman–Crippen MR) is 115 cm³/mol. The van der Waals surface area contributed by atoms with Gasteiger partial charge in [0.15, 0.2) is 0 Å². The van der Waals surface area contributed by atoms with Gasteiger partial charge >= 0.3 is 5.63 Å². The number of ether oxygens (including phenoxy) is 1. The molecule has 5 nitrogen and oxygen atoms in total. The maximum absolute atomic E-state index is 12.1. The molecule has 148 valence electrons. The largest absolute Gasteiger partial charge is 0.472 e. The number of hydrogen-bond acceptors (Lipinski definition) is 5. The number of hydrogen-bond donors (Lipinski definition) is 0. The standard InChI is InChI=1S/C22H18Cl2N2O3/c1-11(2)15-8-16-13(5-20(27)29-19(16)4-12(15)3)9-28-22-17-6-14(23)7-18(24)21(17)25-10-26-22/h4-8,10-11H,9H2,1-3H3. The van der Waals surface area contributed by atoms with Crippen LogP contribution < -0.4 is 10.4 Å². The normalized spacial score (nSPS) is 11.5. The van der Waals surface area contributed by atoms with Crippen LogP contribution in [0.1, 0.15) is 36.5 Å². The van der Waals surface area contributed by atoms with E-state index in [0.29, 0.717) is 38.3 Å². The van der Waals surface area contributed by atoms with Gasteiger partial charge in [0.05, 0.1) is 15.9 Å². The first-order chi connectivity index (χ1) is 13.8. The van der Waals surface area contributed by atoms with Gasteiger partial charge in [-0.3, -0.25) is 0 Å². The molecule has 0 amide bonds. The number of nitrogens with zero attached hydrogens (tertiary/aromatic N) is 2. The van der Waals surface area contributed by atoms with Gasteiger partial charge in [-0.05, 0) is 48.2 Å². The third-order valence-electron chi connectivity index (χ3n) is 4.82. The molecule has 2 heterocycles. The van der Waals surface area contributed by atoms with Crippen molar-refractivity contribution in [3.05, 3.63) is 73.8 Å². The summed E-state index contributed by atoms with van der Waals surface area (Å²) in [6.45, 7) is 6.41. The van der Waals surface area contributed by atoms with Gasteiger partial charge in [-0.25, -0.2) is 14.8 Å². The van der Waals surface area contributed by atoms with Crippen LogP contribution in [-0.2, 0) is 6.61 Å². The number of rotatable bonds is 4. The number of aromatic nitrogens is 2. The Kier molecular flexibility index (Phi) is 5.19. The molecule has 4 aromatic rings. The quantitative estimate of drug-likeness (QED) is 0.369. The van der Waals surface area contributed by atoms with Crippen LogP contribution in [0.25, 0.3) is 21.9 Å². The first-order valence-electron chi connectivity index (χ1n) is 9.13. The van der Waals surface area contributed by atoms with E-state index in [0.717, 1.165) is 16.5 Å². The van der Waals surface area contributed by atoms with E-state index in [2.05, 4.69) is 29.9 Å². The molecule has 0 saturated carbocycles. The van der Waals surface area contributed by atoms with Gasteiger partial charge < -0.3 is 9.15 Å². The molecule has 0 bridgehead atoms. The molecule has 0 saturated heterocycles. The second kappa shape index (κ2) is 7.65. The first kappa shape index (κ1) is 19.7. The summed E-state index contributed by atoms with van der Waals surface area (Å²) in [7, 11) is 0. The van der Waals surface area contributed by atoms with Gasteiger partial charge in [-0.15, -0.1) is 0 Å². The van der Waals surface area contributed by atoms with Crippen LogP contribution in [-0.4, -0.2) is 9.97 Å². The van der Waals surface area contributed by atoms with Gasteiger partial charge in [-0.1, -0.05) is 37.0 Å². The molecule has 0 N–H and O–H groups in total. The third-order valence-corrected chi connectivity index (χ3v) is 5.33. The van der Waals surface area contributed by atoms with Gasteiger partial charge in [0.25, 0.3) is 0 Å². The summed E-state index contributed by atoms with van der Waals surface area (Å²) in [5, 5.41) is 2.33. The average molecular weight is 429 g/mol. The fourth-order valence-corrected chi connectivity index (χ4v) is 4.00. The number of aryl methyl sites for hydroxylation is 1. The monoisotopic (exact) mass is 428 g/mol. The number of halogens is 2. The molecule has 0 spiro atoms. The van der Waals surface area contributed by atoms with Crippen LogP contribution in [0.2, 0.25) is 10.0 Å². The number of benzene rings is 2. The Morgan fingerprint density at radius 1 is 1.07 bits per heavy atom. The second-order valence-electron chi connectivity index (χ2n) is 7.20. The van der Waals surface area contributed by atoms with E-state index in [1.807, 2.05) is 13.0 Å². The predicted octanol–water partition coefficient (Wildman–Crippen LogP) is 6.05. The lowest BCUT2D eigenvalue weighted by Gasteiger charge is -2.14. The molecule has 0 atom stereocenters. The van der Waals surface area contributed by atoms with Gasteiger partial charge in [-0.2, -0.15) is 0 Å². The lowest BCUT2D eigenvalue weighted by Crippen LogP contribution is -2.06. The van der Waals surface area contributed by atoms with Gasteiger partial charge in [0, 0.05) is 22.0 Å². The van der Waals surface area contributed by atoms with E-state index in [1.165, 1.54) is 18.0 Å². The molecule has 0 radical (unpaired) electrons. The average Bonchev–Trinajstić information content (AvgIpc) is 2.65. The highest BCUT2D eigenvalue weighted by molar-refractivity contribution is 6.38. The molecule has 29 heavy (non-hydrogen) atoms. The summed E-state index contributed by atoms with van der Waals surface area (Å²) in [5.41, 5.74) is 3.66. The smallest absolute Gasteiger partial charge is 0.336 e. The van der Waals surface area contributed by atoms with Crippen molar-refractivity contribution in [1.29, 1.82) is 0 Å². The van der Waals surface area contributed by atoms with Crippen LogP contribution in [0.4, 0.5) is 0 Å². The molecule has 7 heteroatoms. The zero-order chi connectivity index (χ0) is 20.7. The highest BCUT2D eigenvalue weighted by Gasteiger charge is 2.14. The zero-order valence-corrected chi connectivity index (χ0v) is 17.6. The minimum absolute atomic E-state index is 0.138. The minimum Gasteiger partial charge on any atom is -0.472 e. The van der Waals surface area contributed by atoms with Crippen molar-refractivity contribution in [2.24, 2.45) is 0 Å². The van der Waals surface area contributed by atoms with E-state index in [1.54, 1.807) is 12.1 Å². The summed E-state index contributed by atoms with van der Waals surface area (Å²) < 4.78 is 11.4. The van der Waals surface area contributed by atoms with Crippen LogP contribution in [0.5, 0.6) is 5.88 Å². The van der Waals surface area contributed by atoms with Crippen molar-refractivity contribution in [1.82, 2.24) is 9.97 Å². The Morgan fingerprint density at radius 3 is 2.62 bits per heavy atom. The Balaban J connectivity index is 1.78. The molecule has 2 aromatic carbocycles. The lowest BCUT2D eigenvalue weighted by atomic mass is 9.95. The van der Waals surface area contributed by atoms with Crippen molar-refractivity contribution in [2.75, 3.05) is 0 Å². The summed E-state index contributed by atoms with van der Waals surface area (Å²) in [6, 6.07) is 8.73. The molecule has 2 aromatic heterocycles. The number of fused-ring (bicyclic) bond motifs is 2. The SMILES string of the molecule is Cc1cc2oc(=O)cc(COc3ncnc4c(Cl)cc(Cl)cc34)c2cc1C(C)C. The van der Waals surface area contributed by atoms with Crippen molar-refractivity contribution >= 4 is 45.1 Å². The van der Waals surface area contributed by atoms with Crippen LogP contribution in [0.3, 0.4) is 0 Å². The Morgan fingerprint density at radius 2 is 1.86 bits per heavy atom. The van der Waals surface area contributed by atoms with Crippen molar-refractivity contribution in [3.63, 3.8) is 0 Å². The fraction of sp³-hybridized carbons (Fsp3) is 0.227. The maximum atomic E-state index is 12.1. The summed E-state index contributed by atoms with van der Waals surface area (Å²) in [4.78, 5) is 20.5. The summed E-state index contributed by atoms with van der Waals surface area (Å²) >= 11 is 12.4. The molecule has 4 rings (SSSR count). The lowest BCUT2D eigenvalue weighted by molar-refractivity contribution is 0.298. The topological polar surface area (TPSA) is 65.2 Å². The highest BCUT2D eigenvalue weighted by atomic mass is 35.5. The Hall–Kier alpha value is -2.63. The second-order valence-corrected chi connectivity index (χ2v) is 8.05. The fourth-order valence-electron chi connectivity index (χ4n) is 3.46. The zero-order valence-electron chi connectivity index (χ0n) is 16.1. The molecule has 0 unspecified atom stereocenters. The molecular formula is C22H18Cl2N2O3. The van der Waals surface area contributed by atoms with Crippen LogP contribution in [0.15, 0.2) is 45.9 Å². The van der Waals surface area contributed by atoms with Gasteiger partial charge in [0.2, 0.25) is 5.88 Å². The van der Waals surface area contributed by atoms with Gasteiger partial charge in [0.1, 0.15) is 18.5 Å². The van der Waals surface area contributed by atoms with E-state index in [4.69, 9.17) is 32.4 Å². The summed E-state index contributed by atoms with van der Waals surface area (Å²) in [6.07, 6.45) is 1.38. The Bertz CT molecular complexity index is 1300. The van der Waals surface area contributed by atoms with Crippen LogP contribution in [0, 0.1) is 6.92 Å². The first-order valence-corrected chi connectivity index (χ1v) is 9.89. The molecular weight excluding hydrogens is 411 g/mol. The van der Waals surface area contributed by atoms with E-state index >= 15 is 0 Å². The molecule has 0 aliphatic heterocycles. The molecule has 0 aliphatic carbocycles. The van der Waals surface area contributed by atoms with E-state index in [9.17, 15) is 4.79 Å². The highest BCUT2D eigenvalue weighted by Crippen LogP contribution is 2.32. The summed E-state index contributed by atoms with van der Waals surface area (Å²) in [5.74, 6) is 0.687. The van der Waals surface area contributed by atoms with Crippen molar-refractivity contribution in [3.8, 4) is 5.88 Å². The van der Waals surface area contributed by atoms with E-state index < -0.39 is 5.63 Å². The molecule has 0 aliphatic rings. The minimum atomic E-state index is -0.425. The maximum Gasteiger partial charge on any atom is 0.336 e. The van der Waals surface area contributed by atoms with Crippen molar-refractivity contribution < 1.29 is 9.15 Å². The molecule has 0 fully saturated rings.